The molecular weight excluding hydrogens is 214 g/mol. The van der Waals surface area contributed by atoms with E-state index in [9.17, 15) is 0 Å². The van der Waals surface area contributed by atoms with Gasteiger partial charge in [-0.2, -0.15) is 0 Å². The van der Waals surface area contributed by atoms with E-state index in [1.807, 2.05) is 0 Å². The van der Waals surface area contributed by atoms with Gasteiger partial charge in [0, 0.05) is 40.8 Å². The summed E-state index contributed by atoms with van der Waals surface area (Å²) in [6.45, 7) is 1.42. The van der Waals surface area contributed by atoms with Gasteiger partial charge in [-0.25, -0.2) is 0 Å². The molecule has 0 aliphatic heterocycles. The van der Waals surface area contributed by atoms with Crippen LogP contribution in [0.5, 0.6) is 0 Å². The van der Waals surface area contributed by atoms with Crippen LogP contribution < -0.4 is 5.32 Å². The molecule has 1 atom stereocenters. The fourth-order valence-corrected chi connectivity index (χ4v) is 1.26. The molecule has 0 amide bonds. The summed E-state index contributed by atoms with van der Waals surface area (Å²) >= 11 is 0. The van der Waals surface area contributed by atoms with E-state index in [4.69, 9.17) is 24.4 Å². The SMILES string of the molecule is COC1CC1(OC)OC.OCCNCCO. The van der Waals surface area contributed by atoms with Gasteiger partial charge < -0.3 is 29.7 Å². The Morgan fingerprint density at radius 3 is 1.81 bits per heavy atom. The summed E-state index contributed by atoms with van der Waals surface area (Å²) in [6, 6.07) is 0. The van der Waals surface area contributed by atoms with Gasteiger partial charge in [-0.1, -0.05) is 0 Å². The zero-order valence-electron chi connectivity index (χ0n) is 10.2. The van der Waals surface area contributed by atoms with Gasteiger partial charge >= 0.3 is 0 Å². The molecule has 1 unspecified atom stereocenters. The van der Waals surface area contributed by atoms with Crippen LogP contribution >= 0.6 is 0 Å². The molecule has 0 bridgehead atoms. The molecule has 1 fully saturated rings. The topological polar surface area (TPSA) is 80.2 Å². The van der Waals surface area contributed by atoms with Crippen LogP contribution in [0.1, 0.15) is 6.42 Å². The number of hydrogen-bond donors (Lipinski definition) is 3. The molecule has 0 spiro atoms. The Morgan fingerprint density at radius 1 is 1.12 bits per heavy atom. The molecule has 6 nitrogen and oxygen atoms in total. The molecule has 0 saturated heterocycles. The zero-order valence-corrected chi connectivity index (χ0v) is 10.2. The molecule has 0 aromatic carbocycles. The Labute approximate surface area is 96.5 Å². The van der Waals surface area contributed by atoms with Crippen LogP contribution in [0.3, 0.4) is 0 Å². The zero-order chi connectivity index (χ0) is 12.4. The standard InChI is InChI=1S/C6H12O3.C4H11NO2/c1-7-5-4-6(5,8-2)9-3;6-3-1-5-2-4-7/h5H,4H2,1-3H3;5-7H,1-4H2. The summed E-state index contributed by atoms with van der Waals surface area (Å²) in [5, 5.41) is 19.1. The number of aliphatic hydroxyl groups excluding tert-OH is 2. The number of aliphatic hydroxyl groups is 2. The van der Waals surface area contributed by atoms with Gasteiger partial charge in [-0.15, -0.1) is 0 Å². The van der Waals surface area contributed by atoms with E-state index in [-0.39, 0.29) is 19.3 Å². The number of ether oxygens (including phenoxy) is 3. The normalized spacial score (nSPS) is 21.2. The number of methoxy groups -OCH3 is 3. The Morgan fingerprint density at radius 2 is 1.62 bits per heavy atom. The third-order valence-electron chi connectivity index (χ3n) is 2.35. The van der Waals surface area contributed by atoms with E-state index < -0.39 is 5.79 Å². The second-order valence-electron chi connectivity index (χ2n) is 3.35. The van der Waals surface area contributed by atoms with Crippen molar-refractivity contribution < 1.29 is 24.4 Å². The molecule has 0 heterocycles. The van der Waals surface area contributed by atoms with E-state index in [1.165, 1.54) is 0 Å². The lowest BCUT2D eigenvalue weighted by Crippen LogP contribution is -2.21. The fraction of sp³-hybridized carbons (Fsp3) is 1.00. The van der Waals surface area contributed by atoms with Crippen molar-refractivity contribution in [3.05, 3.63) is 0 Å². The van der Waals surface area contributed by atoms with Crippen molar-refractivity contribution in [3.63, 3.8) is 0 Å². The first-order chi connectivity index (χ1) is 7.70. The molecule has 0 aromatic rings. The maximum Gasteiger partial charge on any atom is 0.197 e. The fourth-order valence-electron chi connectivity index (χ4n) is 1.26. The predicted molar refractivity (Wildman–Crippen MR) is 59.2 cm³/mol. The van der Waals surface area contributed by atoms with Crippen LogP contribution in [0.4, 0.5) is 0 Å². The number of hydrogen-bond acceptors (Lipinski definition) is 6. The second-order valence-corrected chi connectivity index (χ2v) is 3.35. The third-order valence-corrected chi connectivity index (χ3v) is 2.35. The molecule has 1 aliphatic carbocycles. The lowest BCUT2D eigenvalue weighted by atomic mass is 10.6. The molecular formula is C10H23NO5. The molecule has 16 heavy (non-hydrogen) atoms. The molecule has 6 heteroatoms. The van der Waals surface area contributed by atoms with Gasteiger partial charge in [-0.05, 0) is 0 Å². The highest BCUT2D eigenvalue weighted by Crippen LogP contribution is 2.41. The minimum atomic E-state index is -0.422. The summed E-state index contributed by atoms with van der Waals surface area (Å²) in [5.41, 5.74) is 0. The smallest absolute Gasteiger partial charge is 0.197 e. The van der Waals surface area contributed by atoms with Crippen molar-refractivity contribution in [1.29, 1.82) is 0 Å². The minimum Gasteiger partial charge on any atom is -0.395 e. The Bertz CT molecular complexity index is 159. The second kappa shape index (κ2) is 8.86. The van der Waals surface area contributed by atoms with Crippen LogP contribution in [-0.4, -0.2) is 69.7 Å². The minimum absolute atomic E-state index is 0.132. The summed E-state index contributed by atoms with van der Waals surface area (Å²) in [5.74, 6) is -0.422. The quantitative estimate of drug-likeness (QED) is 0.387. The third kappa shape index (κ3) is 5.20. The first-order valence-electron chi connectivity index (χ1n) is 5.26. The first-order valence-corrected chi connectivity index (χ1v) is 5.26. The van der Waals surface area contributed by atoms with Gasteiger partial charge in [0.15, 0.2) is 5.79 Å². The average Bonchev–Trinajstić information content (AvgIpc) is 3.05. The van der Waals surface area contributed by atoms with E-state index >= 15 is 0 Å². The van der Waals surface area contributed by atoms with Crippen molar-refractivity contribution >= 4 is 0 Å². The Hall–Kier alpha value is -0.240. The van der Waals surface area contributed by atoms with Crippen LogP contribution in [0.25, 0.3) is 0 Å². The molecule has 1 rings (SSSR count). The summed E-state index contributed by atoms with van der Waals surface area (Å²) in [4.78, 5) is 0. The molecule has 98 valence electrons. The summed E-state index contributed by atoms with van der Waals surface area (Å²) in [6.07, 6.45) is 0.976. The van der Waals surface area contributed by atoms with E-state index in [1.54, 1.807) is 21.3 Å². The number of rotatable bonds is 7. The van der Waals surface area contributed by atoms with Crippen molar-refractivity contribution in [2.75, 3.05) is 47.6 Å². The molecule has 1 saturated carbocycles. The summed E-state index contributed by atoms with van der Waals surface area (Å²) in [7, 11) is 4.91. The highest BCUT2D eigenvalue weighted by atomic mass is 16.7. The maximum atomic E-state index is 8.15. The number of nitrogens with one attached hydrogen (secondary N) is 1. The van der Waals surface area contributed by atoms with E-state index in [0.29, 0.717) is 13.1 Å². The van der Waals surface area contributed by atoms with Crippen LogP contribution in [0.15, 0.2) is 0 Å². The van der Waals surface area contributed by atoms with Crippen LogP contribution in [-0.2, 0) is 14.2 Å². The lowest BCUT2D eigenvalue weighted by molar-refractivity contribution is -0.154. The average molecular weight is 237 g/mol. The Kier molecular flexibility index (Phi) is 8.73. The highest BCUT2D eigenvalue weighted by Gasteiger charge is 2.57. The lowest BCUT2D eigenvalue weighted by Gasteiger charge is -2.11. The van der Waals surface area contributed by atoms with E-state index in [0.717, 1.165) is 6.42 Å². The predicted octanol–water partition coefficient (Wildman–Crippen LogP) is -1.05. The van der Waals surface area contributed by atoms with Crippen molar-refractivity contribution in [2.24, 2.45) is 0 Å². The van der Waals surface area contributed by atoms with Crippen LogP contribution in [0.2, 0.25) is 0 Å². The highest BCUT2D eigenvalue weighted by molar-refractivity contribution is 4.98. The van der Waals surface area contributed by atoms with Gasteiger partial charge in [0.05, 0.1) is 13.2 Å². The first kappa shape index (κ1) is 15.8. The van der Waals surface area contributed by atoms with Gasteiger partial charge in [0.1, 0.15) is 6.10 Å². The van der Waals surface area contributed by atoms with Gasteiger partial charge in [0.25, 0.3) is 0 Å². The largest absolute Gasteiger partial charge is 0.395 e. The van der Waals surface area contributed by atoms with Gasteiger partial charge in [0.2, 0.25) is 0 Å². The summed E-state index contributed by atoms with van der Waals surface area (Å²) < 4.78 is 15.1. The Balaban J connectivity index is 0.000000293. The molecule has 0 aromatic heterocycles. The van der Waals surface area contributed by atoms with E-state index in [2.05, 4.69) is 5.32 Å². The van der Waals surface area contributed by atoms with Gasteiger partial charge in [-0.3, -0.25) is 0 Å². The molecule has 3 N–H and O–H groups in total. The van der Waals surface area contributed by atoms with Crippen molar-refractivity contribution in [2.45, 2.75) is 18.3 Å². The van der Waals surface area contributed by atoms with Crippen molar-refractivity contribution in [1.82, 2.24) is 5.32 Å². The molecule has 1 aliphatic rings. The maximum absolute atomic E-state index is 8.15. The van der Waals surface area contributed by atoms with Crippen molar-refractivity contribution in [3.8, 4) is 0 Å². The monoisotopic (exact) mass is 237 g/mol. The molecule has 0 radical (unpaired) electrons. The van der Waals surface area contributed by atoms with Crippen LogP contribution in [0, 0.1) is 0 Å².